The smallest absolute Gasteiger partial charge is 0.227 e. The average Bonchev–Trinajstić information content (AvgIpc) is 2.55. The number of hydrogen-bond acceptors (Lipinski definition) is 3. The van der Waals surface area contributed by atoms with Crippen LogP contribution in [0.3, 0.4) is 0 Å². The van der Waals surface area contributed by atoms with E-state index in [0.29, 0.717) is 43.1 Å². The molecule has 0 spiro atoms. The first-order valence-corrected chi connectivity index (χ1v) is 9.96. The minimum atomic E-state index is -3.18. The number of amides is 1. The van der Waals surface area contributed by atoms with Crippen LogP contribution in [0.5, 0.6) is 0 Å². The Bertz CT molecular complexity index is 640. The molecule has 0 aliphatic carbocycles. The van der Waals surface area contributed by atoms with Gasteiger partial charge in [-0.25, -0.2) is 12.7 Å². The second-order valence-corrected chi connectivity index (χ2v) is 8.31. The highest BCUT2D eigenvalue weighted by atomic mass is 35.5. The molecule has 1 aromatic carbocycles. The van der Waals surface area contributed by atoms with Crippen molar-refractivity contribution in [3.63, 3.8) is 0 Å². The maximum atomic E-state index is 12.3. The van der Waals surface area contributed by atoms with Crippen LogP contribution in [-0.2, 0) is 14.8 Å². The van der Waals surface area contributed by atoms with E-state index < -0.39 is 10.0 Å². The van der Waals surface area contributed by atoms with Gasteiger partial charge in [-0.05, 0) is 31.4 Å². The molecule has 128 valence electrons. The summed E-state index contributed by atoms with van der Waals surface area (Å²) in [5.74, 6) is -0.0763. The molecule has 5 nitrogen and oxygen atoms in total. The number of benzene rings is 1. The van der Waals surface area contributed by atoms with Crippen molar-refractivity contribution in [2.75, 3.05) is 24.2 Å². The number of anilines is 1. The van der Waals surface area contributed by atoms with Gasteiger partial charge in [-0.15, -0.1) is 0 Å². The SMILES string of the molecule is CCCCS(=O)(=O)N1CCC(C(=O)Nc2ccccc2Cl)CC1. The van der Waals surface area contributed by atoms with Crippen molar-refractivity contribution in [3.8, 4) is 0 Å². The molecule has 7 heteroatoms. The lowest BCUT2D eigenvalue weighted by Crippen LogP contribution is -2.42. The van der Waals surface area contributed by atoms with E-state index >= 15 is 0 Å². The second-order valence-electron chi connectivity index (χ2n) is 5.81. The van der Waals surface area contributed by atoms with E-state index in [9.17, 15) is 13.2 Å². The van der Waals surface area contributed by atoms with Gasteiger partial charge in [0.05, 0.1) is 16.5 Å². The molecule has 0 bridgehead atoms. The normalized spacial score (nSPS) is 17.1. The van der Waals surface area contributed by atoms with Gasteiger partial charge in [0.25, 0.3) is 0 Å². The number of rotatable bonds is 6. The molecule has 0 unspecified atom stereocenters. The maximum Gasteiger partial charge on any atom is 0.227 e. The first-order valence-electron chi connectivity index (χ1n) is 7.97. The molecule has 2 rings (SSSR count). The van der Waals surface area contributed by atoms with Crippen LogP contribution in [0.4, 0.5) is 5.69 Å². The summed E-state index contributed by atoms with van der Waals surface area (Å²) in [6.45, 7) is 2.79. The molecule has 1 N–H and O–H groups in total. The van der Waals surface area contributed by atoms with Crippen molar-refractivity contribution in [1.29, 1.82) is 0 Å². The number of carbonyl (C=O) groups is 1. The topological polar surface area (TPSA) is 66.5 Å². The summed E-state index contributed by atoms with van der Waals surface area (Å²) in [7, 11) is -3.18. The van der Waals surface area contributed by atoms with E-state index in [-0.39, 0.29) is 17.6 Å². The minimum Gasteiger partial charge on any atom is -0.325 e. The lowest BCUT2D eigenvalue weighted by molar-refractivity contribution is -0.120. The number of piperidine rings is 1. The maximum absolute atomic E-state index is 12.3. The van der Waals surface area contributed by atoms with Crippen LogP contribution in [0, 0.1) is 5.92 Å². The molecular weight excluding hydrogens is 336 g/mol. The van der Waals surface area contributed by atoms with Gasteiger partial charge in [-0.1, -0.05) is 37.1 Å². The summed E-state index contributed by atoms with van der Waals surface area (Å²) >= 11 is 6.04. The molecule has 1 fully saturated rings. The van der Waals surface area contributed by atoms with Crippen molar-refractivity contribution in [1.82, 2.24) is 4.31 Å². The molecule has 1 aromatic rings. The van der Waals surface area contributed by atoms with Gasteiger partial charge in [0, 0.05) is 19.0 Å². The van der Waals surface area contributed by atoms with Crippen molar-refractivity contribution in [2.45, 2.75) is 32.6 Å². The minimum absolute atomic E-state index is 0.0938. The first-order chi connectivity index (χ1) is 10.9. The van der Waals surface area contributed by atoms with Gasteiger partial charge in [-0.3, -0.25) is 4.79 Å². The Morgan fingerprint density at radius 3 is 2.57 bits per heavy atom. The summed E-state index contributed by atoms with van der Waals surface area (Å²) in [5.41, 5.74) is 0.595. The van der Waals surface area contributed by atoms with Crippen LogP contribution in [0.1, 0.15) is 32.6 Å². The monoisotopic (exact) mass is 358 g/mol. The molecule has 1 amide bonds. The first kappa shape index (κ1) is 18.2. The van der Waals surface area contributed by atoms with Gasteiger partial charge in [0.1, 0.15) is 0 Å². The number of hydrogen-bond donors (Lipinski definition) is 1. The fraction of sp³-hybridized carbons (Fsp3) is 0.562. The lowest BCUT2D eigenvalue weighted by atomic mass is 9.97. The molecule has 0 saturated carbocycles. The fourth-order valence-electron chi connectivity index (χ4n) is 2.65. The van der Waals surface area contributed by atoms with E-state index in [4.69, 9.17) is 11.6 Å². The third kappa shape index (κ3) is 4.93. The zero-order chi connectivity index (χ0) is 16.9. The van der Waals surface area contributed by atoms with Gasteiger partial charge in [-0.2, -0.15) is 0 Å². The third-order valence-electron chi connectivity index (χ3n) is 4.11. The molecule has 0 atom stereocenters. The number of halogens is 1. The molecular formula is C16H23ClN2O3S. The Balaban J connectivity index is 1.89. The molecule has 1 aliphatic heterocycles. The van der Waals surface area contributed by atoms with Crippen molar-refractivity contribution >= 4 is 33.2 Å². The quantitative estimate of drug-likeness (QED) is 0.849. The van der Waals surface area contributed by atoms with Gasteiger partial charge >= 0.3 is 0 Å². The van der Waals surface area contributed by atoms with Crippen molar-refractivity contribution < 1.29 is 13.2 Å². The van der Waals surface area contributed by atoms with Gasteiger partial charge < -0.3 is 5.32 Å². The fourth-order valence-corrected chi connectivity index (χ4v) is 4.51. The van der Waals surface area contributed by atoms with Crippen LogP contribution >= 0.6 is 11.6 Å². The Kier molecular flexibility index (Phi) is 6.44. The molecule has 1 aliphatic rings. The number of carbonyl (C=O) groups excluding carboxylic acids is 1. The summed E-state index contributed by atoms with van der Waals surface area (Å²) in [6, 6.07) is 7.09. The Labute approximate surface area is 143 Å². The number of nitrogens with zero attached hydrogens (tertiary/aromatic N) is 1. The molecule has 0 aromatic heterocycles. The van der Waals surface area contributed by atoms with Gasteiger partial charge in [0.2, 0.25) is 15.9 Å². The standard InChI is InChI=1S/C16H23ClN2O3S/c1-2-3-12-23(21,22)19-10-8-13(9-11-19)16(20)18-15-7-5-4-6-14(15)17/h4-7,13H,2-3,8-12H2,1H3,(H,18,20). The number of unbranched alkanes of at least 4 members (excludes halogenated alkanes) is 1. The third-order valence-corrected chi connectivity index (χ3v) is 6.39. The van der Waals surface area contributed by atoms with E-state index in [2.05, 4.69) is 5.32 Å². The van der Waals surface area contributed by atoms with E-state index in [1.54, 1.807) is 18.2 Å². The summed E-state index contributed by atoms with van der Waals surface area (Å²) < 4.78 is 25.8. The molecule has 23 heavy (non-hydrogen) atoms. The van der Waals surface area contributed by atoms with Crippen molar-refractivity contribution in [2.24, 2.45) is 5.92 Å². The zero-order valence-corrected chi connectivity index (χ0v) is 14.9. The van der Waals surface area contributed by atoms with Crippen LogP contribution in [0.25, 0.3) is 0 Å². The summed E-state index contributed by atoms with van der Waals surface area (Å²) in [6.07, 6.45) is 2.62. The Hall–Kier alpha value is -1.11. The Morgan fingerprint density at radius 2 is 1.96 bits per heavy atom. The van der Waals surface area contributed by atoms with Crippen LogP contribution in [0.2, 0.25) is 5.02 Å². The molecule has 1 saturated heterocycles. The highest BCUT2D eigenvalue weighted by Gasteiger charge is 2.30. The van der Waals surface area contributed by atoms with Crippen LogP contribution in [-0.4, -0.2) is 37.5 Å². The largest absolute Gasteiger partial charge is 0.325 e. The van der Waals surface area contributed by atoms with Gasteiger partial charge in [0.15, 0.2) is 0 Å². The zero-order valence-electron chi connectivity index (χ0n) is 13.3. The molecule has 1 heterocycles. The predicted octanol–water partition coefficient (Wildman–Crippen LogP) is 3.12. The number of sulfonamides is 1. The van der Waals surface area contributed by atoms with E-state index in [1.807, 2.05) is 13.0 Å². The summed E-state index contributed by atoms with van der Waals surface area (Å²) in [4.78, 5) is 12.3. The number of para-hydroxylation sites is 1. The van der Waals surface area contributed by atoms with E-state index in [0.717, 1.165) is 6.42 Å². The average molecular weight is 359 g/mol. The van der Waals surface area contributed by atoms with Crippen molar-refractivity contribution in [3.05, 3.63) is 29.3 Å². The van der Waals surface area contributed by atoms with Crippen LogP contribution in [0.15, 0.2) is 24.3 Å². The molecule has 0 radical (unpaired) electrons. The predicted molar refractivity (Wildman–Crippen MR) is 93.1 cm³/mol. The summed E-state index contributed by atoms with van der Waals surface area (Å²) in [5, 5.41) is 3.33. The Morgan fingerprint density at radius 1 is 1.30 bits per heavy atom. The second kappa shape index (κ2) is 8.13. The number of nitrogens with one attached hydrogen (secondary N) is 1. The van der Waals surface area contributed by atoms with Crippen LogP contribution < -0.4 is 5.32 Å². The highest BCUT2D eigenvalue weighted by molar-refractivity contribution is 7.89. The lowest BCUT2D eigenvalue weighted by Gasteiger charge is -2.30. The highest BCUT2D eigenvalue weighted by Crippen LogP contribution is 2.25. The van der Waals surface area contributed by atoms with E-state index in [1.165, 1.54) is 4.31 Å².